The van der Waals surface area contributed by atoms with Crippen LogP contribution in [0.2, 0.25) is 17.5 Å². The lowest BCUT2D eigenvalue weighted by molar-refractivity contribution is 0.0904. The van der Waals surface area contributed by atoms with E-state index in [2.05, 4.69) is 27.7 Å². The number of ether oxygens (including phenoxy) is 1. The molecule has 2 bridgehead atoms. The highest BCUT2D eigenvalue weighted by Crippen LogP contribution is 2.50. The molecule has 3 atom stereocenters. The smallest absolute Gasteiger partial charge is 0.149 e. The summed E-state index contributed by atoms with van der Waals surface area (Å²) in [5.41, 5.74) is 0. The van der Waals surface area contributed by atoms with E-state index in [1.54, 1.807) is 6.42 Å². The van der Waals surface area contributed by atoms with E-state index in [4.69, 9.17) is 9.84 Å². The van der Waals surface area contributed by atoms with Crippen LogP contribution in [-0.2, 0) is 4.74 Å². The van der Waals surface area contributed by atoms with Gasteiger partial charge in [0.25, 0.3) is 0 Å². The third-order valence-corrected chi connectivity index (χ3v) is 5.62. The molecule has 2 nitrogen and oxygen atoms in total. The van der Waals surface area contributed by atoms with Gasteiger partial charge in [0.2, 0.25) is 0 Å². The second-order valence-electron chi connectivity index (χ2n) is 7.88. The van der Waals surface area contributed by atoms with Gasteiger partial charge in [-0.15, -0.1) is 0 Å². The first-order chi connectivity index (χ1) is 10.6. The van der Waals surface area contributed by atoms with Crippen molar-refractivity contribution < 1.29 is 9.84 Å². The maximum atomic E-state index is 8.24. The van der Waals surface area contributed by atoms with E-state index in [1.165, 1.54) is 32.1 Å². The molecule has 0 aliphatic carbocycles. The lowest BCUT2D eigenvalue weighted by atomic mass is 9.30. The SMILES string of the molecule is CC1CCCC2CCC(C1)B2C(C)C.CCCCOCCO. The molecule has 0 spiro atoms. The van der Waals surface area contributed by atoms with E-state index in [9.17, 15) is 0 Å². The minimum absolute atomic E-state index is 0.143. The van der Waals surface area contributed by atoms with Crippen molar-refractivity contribution in [1.82, 2.24) is 0 Å². The molecule has 130 valence electrons. The topological polar surface area (TPSA) is 29.5 Å². The molecule has 2 aliphatic rings. The average molecular weight is 310 g/mol. The van der Waals surface area contributed by atoms with Crippen LogP contribution in [0.15, 0.2) is 0 Å². The number of rotatable bonds is 6. The average Bonchev–Trinajstić information content (AvgIpc) is 2.88. The number of hydrogen-bond acceptors (Lipinski definition) is 2. The molecule has 22 heavy (non-hydrogen) atoms. The molecule has 3 unspecified atom stereocenters. The van der Waals surface area contributed by atoms with E-state index in [0.29, 0.717) is 6.61 Å². The maximum Gasteiger partial charge on any atom is 0.149 e. The van der Waals surface area contributed by atoms with Gasteiger partial charge in [-0.2, -0.15) is 0 Å². The second-order valence-corrected chi connectivity index (χ2v) is 7.88. The van der Waals surface area contributed by atoms with Gasteiger partial charge in [-0.1, -0.05) is 90.1 Å². The van der Waals surface area contributed by atoms with Crippen molar-refractivity contribution >= 4 is 6.71 Å². The summed E-state index contributed by atoms with van der Waals surface area (Å²) in [6, 6.07) is 0. The Morgan fingerprint density at radius 1 is 1.09 bits per heavy atom. The number of hydrogen-bond donors (Lipinski definition) is 1. The van der Waals surface area contributed by atoms with Crippen molar-refractivity contribution in [3.05, 3.63) is 0 Å². The molecule has 2 fully saturated rings. The van der Waals surface area contributed by atoms with Crippen LogP contribution in [0.5, 0.6) is 0 Å². The molecule has 1 N–H and O–H groups in total. The quantitative estimate of drug-likeness (QED) is 0.523. The molecule has 2 rings (SSSR count). The van der Waals surface area contributed by atoms with Crippen LogP contribution >= 0.6 is 0 Å². The van der Waals surface area contributed by atoms with Crippen LogP contribution in [0, 0.1) is 5.92 Å². The third-order valence-electron chi connectivity index (χ3n) is 5.62. The lowest BCUT2D eigenvalue weighted by Gasteiger charge is -2.30. The fraction of sp³-hybridized carbons (Fsp3) is 1.00. The van der Waals surface area contributed by atoms with Crippen molar-refractivity contribution in [3.63, 3.8) is 0 Å². The van der Waals surface area contributed by atoms with Gasteiger partial charge in [-0.05, 0) is 12.3 Å². The molecule has 0 radical (unpaired) electrons. The van der Waals surface area contributed by atoms with Crippen LogP contribution in [0.25, 0.3) is 0 Å². The summed E-state index contributed by atoms with van der Waals surface area (Å²) in [7, 11) is 0. The molecule has 0 aromatic heterocycles. The van der Waals surface area contributed by atoms with Crippen LogP contribution < -0.4 is 0 Å². The molecular weight excluding hydrogens is 271 g/mol. The van der Waals surface area contributed by atoms with Crippen LogP contribution in [-0.4, -0.2) is 31.6 Å². The highest BCUT2D eigenvalue weighted by atomic mass is 16.5. The molecule has 2 heterocycles. The summed E-state index contributed by atoms with van der Waals surface area (Å²) < 4.78 is 4.97. The normalized spacial score (nSPS) is 28.1. The molecule has 0 aromatic rings. The summed E-state index contributed by atoms with van der Waals surface area (Å²) in [4.78, 5) is 0. The van der Waals surface area contributed by atoms with E-state index in [0.717, 1.165) is 49.5 Å². The van der Waals surface area contributed by atoms with Crippen molar-refractivity contribution in [2.24, 2.45) is 5.92 Å². The summed E-state index contributed by atoms with van der Waals surface area (Å²) in [6.07, 6.45) is 11.4. The Bertz CT molecular complexity index is 264. The largest absolute Gasteiger partial charge is 0.394 e. The summed E-state index contributed by atoms with van der Waals surface area (Å²) >= 11 is 0. The molecule has 0 amide bonds. The Balaban J connectivity index is 0.000000261. The van der Waals surface area contributed by atoms with Crippen molar-refractivity contribution in [1.29, 1.82) is 0 Å². The van der Waals surface area contributed by atoms with Gasteiger partial charge in [0, 0.05) is 6.61 Å². The fourth-order valence-electron chi connectivity index (χ4n) is 4.67. The lowest BCUT2D eigenvalue weighted by Crippen LogP contribution is -2.26. The number of aliphatic hydroxyl groups excluding tert-OH is 1. The molecular formula is C19H39BO2. The van der Waals surface area contributed by atoms with Gasteiger partial charge >= 0.3 is 0 Å². The maximum absolute atomic E-state index is 8.24. The minimum Gasteiger partial charge on any atom is -0.394 e. The fourth-order valence-corrected chi connectivity index (χ4v) is 4.67. The first-order valence-corrected chi connectivity index (χ1v) is 9.78. The number of unbranched alkanes of at least 4 members (excludes halogenated alkanes) is 1. The van der Waals surface area contributed by atoms with Crippen molar-refractivity contribution in [2.45, 2.75) is 96.5 Å². The zero-order valence-electron chi connectivity index (χ0n) is 15.5. The van der Waals surface area contributed by atoms with Gasteiger partial charge in [0.1, 0.15) is 6.71 Å². The second kappa shape index (κ2) is 11.5. The standard InChI is InChI=1S/C13H25B.C6H14O2/c1-10(2)14-12-6-4-5-11(3)9-13(14)8-7-12;1-2-3-5-8-6-4-7/h10-13H,4-9H2,1-3H3;7H,2-6H2,1H3. The zero-order valence-corrected chi connectivity index (χ0v) is 15.5. The van der Waals surface area contributed by atoms with Crippen LogP contribution in [0.4, 0.5) is 0 Å². The highest BCUT2D eigenvalue weighted by Gasteiger charge is 2.41. The van der Waals surface area contributed by atoms with E-state index in [1.807, 2.05) is 0 Å². The Morgan fingerprint density at radius 2 is 1.82 bits per heavy atom. The monoisotopic (exact) mass is 310 g/mol. The Kier molecular flexibility index (Phi) is 10.5. The van der Waals surface area contributed by atoms with Gasteiger partial charge < -0.3 is 9.84 Å². The van der Waals surface area contributed by atoms with Crippen molar-refractivity contribution in [3.8, 4) is 0 Å². The van der Waals surface area contributed by atoms with Crippen LogP contribution in [0.1, 0.15) is 79.1 Å². The van der Waals surface area contributed by atoms with Crippen LogP contribution in [0.3, 0.4) is 0 Å². The third kappa shape index (κ3) is 7.04. The van der Waals surface area contributed by atoms with Gasteiger partial charge in [-0.3, -0.25) is 0 Å². The summed E-state index contributed by atoms with van der Waals surface area (Å²) in [5.74, 6) is 4.10. The van der Waals surface area contributed by atoms with Gasteiger partial charge in [0.05, 0.1) is 13.2 Å². The molecule has 2 aliphatic heterocycles. The van der Waals surface area contributed by atoms with Crippen molar-refractivity contribution in [2.75, 3.05) is 19.8 Å². The Labute approximate surface area is 139 Å². The predicted molar refractivity (Wildman–Crippen MR) is 98.0 cm³/mol. The highest BCUT2D eigenvalue weighted by molar-refractivity contribution is 6.64. The number of aliphatic hydroxyl groups is 1. The number of fused-ring (bicyclic) bond motifs is 2. The van der Waals surface area contributed by atoms with E-state index >= 15 is 0 Å². The minimum atomic E-state index is 0.143. The molecule has 2 saturated heterocycles. The van der Waals surface area contributed by atoms with Gasteiger partial charge in [-0.25, -0.2) is 0 Å². The first-order valence-electron chi connectivity index (χ1n) is 9.78. The summed E-state index contributed by atoms with van der Waals surface area (Å²) in [6.45, 7) is 12.0. The van der Waals surface area contributed by atoms with Gasteiger partial charge in [0.15, 0.2) is 0 Å². The summed E-state index contributed by atoms with van der Waals surface area (Å²) in [5, 5.41) is 8.24. The molecule has 3 heteroatoms. The zero-order chi connectivity index (χ0) is 16.4. The molecule has 0 aromatic carbocycles. The first kappa shape index (κ1) is 20.0. The molecule has 0 saturated carbocycles. The van der Waals surface area contributed by atoms with E-state index < -0.39 is 0 Å². The predicted octanol–water partition coefficient (Wildman–Crippen LogP) is 5.43. The Morgan fingerprint density at radius 3 is 2.45 bits per heavy atom. The van der Waals surface area contributed by atoms with E-state index in [-0.39, 0.29) is 6.61 Å². The Hall–Kier alpha value is -0.0151.